The molecule has 1 unspecified atom stereocenters. The van der Waals surface area contributed by atoms with Crippen molar-refractivity contribution < 1.29 is 14.3 Å². The Kier molecular flexibility index (Phi) is 3.77. The number of carbonyl (C=O) groups excluding carboxylic acids is 1. The van der Waals surface area contributed by atoms with Gasteiger partial charge in [-0.3, -0.25) is 4.79 Å². The summed E-state index contributed by atoms with van der Waals surface area (Å²) >= 11 is 0. The Balaban J connectivity index is 1.84. The van der Waals surface area contributed by atoms with E-state index >= 15 is 0 Å². The Morgan fingerprint density at radius 3 is 2.76 bits per heavy atom. The molecule has 0 bridgehead atoms. The van der Waals surface area contributed by atoms with Gasteiger partial charge < -0.3 is 25.4 Å². The van der Waals surface area contributed by atoms with Gasteiger partial charge >= 0.3 is 0 Å². The number of benzene rings is 1. The Morgan fingerprint density at radius 2 is 2.05 bits per heavy atom. The lowest BCUT2D eigenvalue weighted by molar-refractivity contribution is -0.124. The second-order valence-electron chi connectivity index (χ2n) is 5.45. The summed E-state index contributed by atoms with van der Waals surface area (Å²) in [5.74, 6) is 1.53. The first-order valence-electron chi connectivity index (χ1n) is 7.34. The van der Waals surface area contributed by atoms with Gasteiger partial charge in [0.25, 0.3) is 0 Å². The molecule has 1 aromatic rings. The van der Waals surface area contributed by atoms with Crippen LogP contribution in [0.1, 0.15) is 12.8 Å². The van der Waals surface area contributed by atoms with Crippen molar-refractivity contribution in [2.45, 2.75) is 12.8 Å². The molecule has 1 fully saturated rings. The standard InChI is InChI=1S/C15H21N3O3/c1-17-15(19)10-3-2-4-18(9-10)12-8-14-13(7-11(12)16)20-5-6-21-14/h7-8,10H,2-6,9,16H2,1H3,(H,17,19). The smallest absolute Gasteiger partial charge is 0.224 e. The minimum absolute atomic E-state index is 0.0105. The van der Waals surface area contributed by atoms with Gasteiger partial charge in [0.05, 0.1) is 17.3 Å². The highest BCUT2D eigenvalue weighted by molar-refractivity contribution is 5.80. The van der Waals surface area contributed by atoms with Crippen molar-refractivity contribution in [2.75, 3.05) is 44.0 Å². The van der Waals surface area contributed by atoms with Gasteiger partial charge in [-0.1, -0.05) is 0 Å². The van der Waals surface area contributed by atoms with Crippen molar-refractivity contribution in [3.63, 3.8) is 0 Å². The zero-order chi connectivity index (χ0) is 14.8. The summed E-state index contributed by atoms with van der Waals surface area (Å²) in [5.41, 5.74) is 7.74. The molecule has 3 N–H and O–H groups in total. The van der Waals surface area contributed by atoms with Crippen LogP contribution in [0.2, 0.25) is 0 Å². The molecule has 0 aliphatic carbocycles. The molecule has 0 radical (unpaired) electrons. The number of carbonyl (C=O) groups is 1. The van der Waals surface area contributed by atoms with E-state index in [1.54, 1.807) is 7.05 Å². The first-order chi connectivity index (χ1) is 10.2. The number of nitrogen functional groups attached to an aromatic ring is 1. The van der Waals surface area contributed by atoms with Crippen LogP contribution in [0.25, 0.3) is 0 Å². The quantitative estimate of drug-likeness (QED) is 0.795. The number of hydrogen-bond acceptors (Lipinski definition) is 5. The Morgan fingerprint density at radius 1 is 1.33 bits per heavy atom. The summed E-state index contributed by atoms with van der Waals surface area (Å²) in [4.78, 5) is 14.0. The van der Waals surface area contributed by atoms with Crippen molar-refractivity contribution in [2.24, 2.45) is 5.92 Å². The third-order valence-corrected chi connectivity index (χ3v) is 4.07. The minimum Gasteiger partial charge on any atom is -0.486 e. The molecule has 21 heavy (non-hydrogen) atoms. The highest BCUT2D eigenvalue weighted by Crippen LogP contribution is 2.39. The van der Waals surface area contributed by atoms with Crippen LogP contribution in [0.4, 0.5) is 11.4 Å². The lowest BCUT2D eigenvalue weighted by atomic mass is 9.96. The summed E-state index contributed by atoms with van der Waals surface area (Å²) in [7, 11) is 1.68. The van der Waals surface area contributed by atoms with E-state index < -0.39 is 0 Å². The number of hydrogen-bond donors (Lipinski definition) is 2. The average Bonchev–Trinajstić information content (AvgIpc) is 2.53. The predicted octanol–water partition coefficient (Wildman–Crippen LogP) is 1.00. The van der Waals surface area contributed by atoms with Crippen LogP contribution >= 0.6 is 0 Å². The molecule has 2 aliphatic heterocycles. The maximum Gasteiger partial charge on any atom is 0.224 e. The maximum atomic E-state index is 11.8. The number of ether oxygens (including phenoxy) is 2. The van der Waals surface area contributed by atoms with E-state index in [2.05, 4.69) is 10.2 Å². The number of anilines is 2. The summed E-state index contributed by atoms with van der Waals surface area (Å²) in [6.07, 6.45) is 1.90. The Labute approximate surface area is 124 Å². The monoisotopic (exact) mass is 291 g/mol. The van der Waals surface area contributed by atoms with E-state index in [0.717, 1.165) is 30.8 Å². The third kappa shape index (κ3) is 2.70. The highest BCUT2D eigenvalue weighted by Gasteiger charge is 2.27. The van der Waals surface area contributed by atoms with Gasteiger partial charge in [0, 0.05) is 32.3 Å². The molecule has 1 atom stereocenters. The van der Waals surface area contributed by atoms with Gasteiger partial charge in [0.15, 0.2) is 11.5 Å². The van der Waals surface area contributed by atoms with Crippen molar-refractivity contribution in [1.82, 2.24) is 5.32 Å². The number of nitrogens with two attached hydrogens (primary N) is 1. The van der Waals surface area contributed by atoms with E-state index in [4.69, 9.17) is 15.2 Å². The van der Waals surface area contributed by atoms with Crippen LogP contribution < -0.4 is 25.4 Å². The number of piperidine rings is 1. The molecule has 2 aliphatic rings. The lowest BCUT2D eigenvalue weighted by Gasteiger charge is -2.35. The number of nitrogens with one attached hydrogen (secondary N) is 1. The van der Waals surface area contributed by atoms with Gasteiger partial charge in [0.2, 0.25) is 5.91 Å². The van der Waals surface area contributed by atoms with Crippen molar-refractivity contribution in [3.8, 4) is 11.5 Å². The van der Waals surface area contributed by atoms with Crippen molar-refractivity contribution >= 4 is 17.3 Å². The minimum atomic E-state index is 0.0105. The molecule has 0 spiro atoms. The van der Waals surface area contributed by atoms with E-state index in [0.29, 0.717) is 31.2 Å². The van der Waals surface area contributed by atoms with E-state index in [1.165, 1.54) is 0 Å². The topological polar surface area (TPSA) is 76.8 Å². The van der Waals surface area contributed by atoms with E-state index in [9.17, 15) is 4.79 Å². The molecule has 1 aromatic carbocycles. The van der Waals surface area contributed by atoms with Crippen molar-refractivity contribution in [3.05, 3.63) is 12.1 Å². The maximum absolute atomic E-state index is 11.8. The van der Waals surface area contributed by atoms with Gasteiger partial charge in [0.1, 0.15) is 13.2 Å². The van der Waals surface area contributed by atoms with Gasteiger partial charge in [-0.2, -0.15) is 0 Å². The Bertz CT molecular complexity index is 547. The molecular weight excluding hydrogens is 270 g/mol. The van der Waals surface area contributed by atoms with Crippen LogP contribution in [0.3, 0.4) is 0 Å². The fourth-order valence-corrected chi connectivity index (χ4v) is 2.98. The first kappa shape index (κ1) is 13.9. The fourth-order valence-electron chi connectivity index (χ4n) is 2.98. The second kappa shape index (κ2) is 5.71. The Hall–Kier alpha value is -2.11. The van der Waals surface area contributed by atoms with Crippen LogP contribution in [0, 0.1) is 5.92 Å². The molecule has 6 nitrogen and oxygen atoms in total. The van der Waals surface area contributed by atoms with Gasteiger partial charge in [-0.05, 0) is 12.8 Å². The van der Waals surface area contributed by atoms with Gasteiger partial charge in [-0.15, -0.1) is 0 Å². The summed E-state index contributed by atoms with van der Waals surface area (Å²) in [6.45, 7) is 2.69. The molecule has 1 saturated heterocycles. The number of amides is 1. The largest absolute Gasteiger partial charge is 0.486 e. The normalized spacial score (nSPS) is 21.0. The molecular formula is C15H21N3O3. The highest BCUT2D eigenvalue weighted by atomic mass is 16.6. The molecule has 0 saturated carbocycles. The number of fused-ring (bicyclic) bond motifs is 1. The fraction of sp³-hybridized carbons (Fsp3) is 0.533. The molecule has 3 rings (SSSR count). The van der Waals surface area contributed by atoms with Crippen LogP contribution in [-0.2, 0) is 4.79 Å². The van der Waals surface area contributed by atoms with Gasteiger partial charge in [-0.25, -0.2) is 0 Å². The molecule has 1 amide bonds. The molecule has 6 heteroatoms. The van der Waals surface area contributed by atoms with Crippen LogP contribution in [0.15, 0.2) is 12.1 Å². The zero-order valence-electron chi connectivity index (χ0n) is 12.2. The summed E-state index contributed by atoms with van der Waals surface area (Å²) in [6, 6.07) is 3.74. The average molecular weight is 291 g/mol. The van der Waals surface area contributed by atoms with Crippen LogP contribution in [-0.4, -0.2) is 39.3 Å². The molecule has 2 heterocycles. The van der Waals surface area contributed by atoms with E-state index in [1.807, 2.05) is 12.1 Å². The second-order valence-corrected chi connectivity index (χ2v) is 5.45. The first-order valence-corrected chi connectivity index (χ1v) is 7.34. The number of nitrogens with zero attached hydrogens (tertiary/aromatic N) is 1. The summed E-state index contributed by atoms with van der Waals surface area (Å²) < 4.78 is 11.2. The van der Waals surface area contributed by atoms with Crippen molar-refractivity contribution in [1.29, 1.82) is 0 Å². The molecule has 114 valence electrons. The van der Waals surface area contributed by atoms with Crippen LogP contribution in [0.5, 0.6) is 11.5 Å². The zero-order valence-corrected chi connectivity index (χ0v) is 12.2. The predicted molar refractivity (Wildman–Crippen MR) is 80.8 cm³/mol. The number of rotatable bonds is 2. The SMILES string of the molecule is CNC(=O)C1CCCN(c2cc3c(cc2N)OCCO3)C1. The summed E-state index contributed by atoms with van der Waals surface area (Å²) in [5, 5.41) is 2.73. The third-order valence-electron chi connectivity index (χ3n) is 4.07. The molecule has 0 aromatic heterocycles. The lowest BCUT2D eigenvalue weighted by Crippen LogP contribution is -2.42. The van der Waals surface area contributed by atoms with E-state index in [-0.39, 0.29) is 11.8 Å².